The number of hydrogen-bond donors (Lipinski definition) is 0. The first-order chi connectivity index (χ1) is 11.1. The Morgan fingerprint density at radius 2 is 1.75 bits per heavy atom. The molecular weight excluding hydrogens is 346 g/mol. The fourth-order valence-electron chi connectivity index (χ4n) is 2.78. The van der Waals surface area contributed by atoms with E-state index in [1.165, 1.54) is 4.31 Å². The van der Waals surface area contributed by atoms with Crippen molar-refractivity contribution in [2.45, 2.75) is 39.0 Å². The van der Waals surface area contributed by atoms with E-state index in [0.29, 0.717) is 12.1 Å². The molecule has 0 saturated carbocycles. The Morgan fingerprint density at radius 3 is 2.29 bits per heavy atom. The second-order valence-electron chi connectivity index (χ2n) is 6.84. The van der Waals surface area contributed by atoms with Crippen LogP contribution in [0.2, 0.25) is 0 Å². The minimum Gasteiger partial charge on any atom is -0.293 e. The topological polar surface area (TPSA) is 54.5 Å². The molecule has 1 aliphatic heterocycles. The molecule has 0 unspecified atom stereocenters. The van der Waals surface area contributed by atoms with Crippen molar-refractivity contribution in [1.82, 2.24) is 4.31 Å². The number of carbonyl (C=O) groups is 1. The van der Waals surface area contributed by atoms with Crippen molar-refractivity contribution < 1.29 is 13.2 Å². The first kappa shape index (κ1) is 19.2. The third-order valence-corrected chi connectivity index (χ3v) is 6.88. The predicted octanol–water partition coefficient (Wildman–Crippen LogP) is 3.74. The highest BCUT2D eigenvalue weighted by Gasteiger charge is 2.32. The molecule has 24 heavy (non-hydrogen) atoms. The van der Waals surface area contributed by atoms with Gasteiger partial charge in [-0.3, -0.25) is 4.79 Å². The van der Waals surface area contributed by atoms with Gasteiger partial charge in [-0.15, -0.1) is 0 Å². The van der Waals surface area contributed by atoms with Gasteiger partial charge < -0.3 is 0 Å². The SMILES string of the molecule is C/C1=C(\Cl)C(=O)C[C@@H](C(C)C)CN(S(=O)(=O)c2ccc(C)cc2)C1. The van der Waals surface area contributed by atoms with Crippen LogP contribution in [0.25, 0.3) is 0 Å². The fourth-order valence-corrected chi connectivity index (χ4v) is 4.45. The first-order valence-electron chi connectivity index (χ1n) is 8.08. The molecule has 1 aromatic carbocycles. The fraction of sp³-hybridized carbons (Fsp3) is 0.500. The minimum absolute atomic E-state index is 0.0560. The second-order valence-corrected chi connectivity index (χ2v) is 9.15. The van der Waals surface area contributed by atoms with Crippen molar-refractivity contribution >= 4 is 27.4 Å². The molecule has 1 aliphatic rings. The zero-order valence-corrected chi connectivity index (χ0v) is 16.1. The molecule has 0 aromatic heterocycles. The van der Waals surface area contributed by atoms with Crippen LogP contribution in [0.1, 0.15) is 32.8 Å². The van der Waals surface area contributed by atoms with Gasteiger partial charge in [0.05, 0.1) is 9.93 Å². The third kappa shape index (κ3) is 4.08. The number of ketones is 1. The van der Waals surface area contributed by atoms with Crippen LogP contribution >= 0.6 is 11.6 Å². The zero-order valence-electron chi connectivity index (χ0n) is 14.5. The highest BCUT2D eigenvalue weighted by atomic mass is 35.5. The van der Waals surface area contributed by atoms with Crippen molar-refractivity contribution in [3.63, 3.8) is 0 Å². The van der Waals surface area contributed by atoms with Crippen LogP contribution in [0.4, 0.5) is 0 Å². The highest BCUT2D eigenvalue weighted by molar-refractivity contribution is 7.89. The molecule has 0 aliphatic carbocycles. The molecule has 1 heterocycles. The summed E-state index contributed by atoms with van der Waals surface area (Å²) < 4.78 is 27.5. The maximum atomic E-state index is 13.0. The summed E-state index contributed by atoms with van der Waals surface area (Å²) in [4.78, 5) is 12.5. The second kappa shape index (κ2) is 7.38. The molecule has 0 radical (unpaired) electrons. The van der Waals surface area contributed by atoms with Gasteiger partial charge in [-0.2, -0.15) is 4.31 Å². The van der Waals surface area contributed by atoms with Gasteiger partial charge in [-0.25, -0.2) is 8.42 Å². The van der Waals surface area contributed by atoms with Gasteiger partial charge in [0.2, 0.25) is 10.0 Å². The molecule has 1 atom stereocenters. The summed E-state index contributed by atoms with van der Waals surface area (Å²) in [5.74, 6) is 0.0346. The molecule has 0 fully saturated rings. The van der Waals surface area contributed by atoms with Gasteiger partial charge in [0, 0.05) is 19.5 Å². The monoisotopic (exact) mass is 369 g/mol. The smallest absolute Gasteiger partial charge is 0.243 e. The number of allylic oxidation sites excluding steroid dienone is 1. The summed E-state index contributed by atoms with van der Waals surface area (Å²) in [7, 11) is -3.63. The molecule has 0 saturated heterocycles. The number of aryl methyl sites for hydroxylation is 1. The maximum absolute atomic E-state index is 13.0. The quantitative estimate of drug-likeness (QED) is 0.815. The number of nitrogens with zero attached hydrogens (tertiary/aromatic N) is 1. The van der Waals surface area contributed by atoms with Crippen molar-refractivity contribution in [1.29, 1.82) is 0 Å². The predicted molar refractivity (Wildman–Crippen MR) is 96.4 cm³/mol. The zero-order chi connectivity index (χ0) is 18.1. The molecule has 1 aromatic rings. The lowest BCUT2D eigenvalue weighted by atomic mass is 9.89. The number of rotatable bonds is 3. The molecular formula is C18H24ClNO3S. The van der Waals surface area contributed by atoms with Gasteiger partial charge in [-0.1, -0.05) is 43.1 Å². The molecule has 0 N–H and O–H groups in total. The van der Waals surface area contributed by atoms with Crippen LogP contribution in [0, 0.1) is 18.8 Å². The van der Waals surface area contributed by atoms with E-state index in [0.717, 1.165) is 5.56 Å². The summed E-state index contributed by atoms with van der Waals surface area (Å²) in [6.45, 7) is 8.10. The van der Waals surface area contributed by atoms with Crippen LogP contribution in [0.15, 0.2) is 39.8 Å². The van der Waals surface area contributed by atoms with E-state index >= 15 is 0 Å². The summed E-state index contributed by atoms with van der Waals surface area (Å²) in [6, 6.07) is 6.82. The average Bonchev–Trinajstić information content (AvgIpc) is 2.51. The number of Topliss-reactive ketones (excluding diaryl/α,β-unsaturated/α-hetero) is 1. The number of benzene rings is 1. The molecule has 0 spiro atoms. The van der Waals surface area contributed by atoms with Crippen LogP contribution in [-0.2, 0) is 14.8 Å². The normalized spacial score (nSPS) is 24.1. The Morgan fingerprint density at radius 1 is 1.17 bits per heavy atom. The number of carbonyl (C=O) groups excluding carboxylic acids is 1. The molecule has 0 bridgehead atoms. The Labute approximate surface area is 149 Å². The summed E-state index contributed by atoms with van der Waals surface area (Å²) in [6.07, 6.45) is 0.272. The Hall–Kier alpha value is -1.17. The van der Waals surface area contributed by atoms with Crippen molar-refractivity contribution in [3.8, 4) is 0 Å². The number of halogens is 1. The van der Waals surface area contributed by atoms with E-state index < -0.39 is 10.0 Å². The lowest BCUT2D eigenvalue weighted by molar-refractivity contribution is -0.116. The van der Waals surface area contributed by atoms with Gasteiger partial charge >= 0.3 is 0 Å². The van der Waals surface area contributed by atoms with Crippen LogP contribution < -0.4 is 0 Å². The van der Waals surface area contributed by atoms with E-state index in [4.69, 9.17) is 11.6 Å². The van der Waals surface area contributed by atoms with Gasteiger partial charge in [0.25, 0.3) is 0 Å². The van der Waals surface area contributed by atoms with Gasteiger partial charge in [0.15, 0.2) is 5.78 Å². The largest absolute Gasteiger partial charge is 0.293 e. The molecule has 2 rings (SSSR count). The van der Waals surface area contributed by atoms with Crippen LogP contribution in [0.3, 0.4) is 0 Å². The Bertz CT molecular complexity index is 751. The van der Waals surface area contributed by atoms with Gasteiger partial charge in [-0.05, 0) is 43.4 Å². The number of sulfonamides is 1. The van der Waals surface area contributed by atoms with E-state index in [1.807, 2.05) is 20.8 Å². The summed E-state index contributed by atoms with van der Waals surface area (Å²) >= 11 is 6.16. The molecule has 0 amide bonds. The average molecular weight is 370 g/mol. The summed E-state index contributed by atoms with van der Waals surface area (Å²) in [5, 5.41) is 0.171. The van der Waals surface area contributed by atoms with Gasteiger partial charge in [0.1, 0.15) is 0 Å². The Balaban J connectivity index is 2.45. The van der Waals surface area contributed by atoms with E-state index in [2.05, 4.69) is 0 Å². The van der Waals surface area contributed by atoms with Crippen LogP contribution in [0.5, 0.6) is 0 Å². The molecule has 6 heteroatoms. The maximum Gasteiger partial charge on any atom is 0.243 e. The standard InChI is InChI=1S/C18H24ClNO3S/c1-12(2)15-9-17(21)18(19)14(4)10-20(11-15)24(22,23)16-7-5-13(3)6-8-16/h5-8,12,15H,9-11H2,1-4H3/b18-14+/t15-/m1/s1. The van der Waals surface area contributed by atoms with Crippen molar-refractivity contribution in [2.75, 3.05) is 13.1 Å². The highest BCUT2D eigenvalue weighted by Crippen LogP contribution is 2.29. The molecule has 132 valence electrons. The van der Waals surface area contributed by atoms with E-state index in [1.54, 1.807) is 31.2 Å². The number of hydrogen-bond acceptors (Lipinski definition) is 3. The van der Waals surface area contributed by atoms with E-state index in [-0.39, 0.29) is 40.5 Å². The first-order valence-corrected chi connectivity index (χ1v) is 9.90. The van der Waals surface area contributed by atoms with E-state index in [9.17, 15) is 13.2 Å². The van der Waals surface area contributed by atoms with Crippen molar-refractivity contribution in [3.05, 3.63) is 40.4 Å². The van der Waals surface area contributed by atoms with Crippen molar-refractivity contribution in [2.24, 2.45) is 11.8 Å². The minimum atomic E-state index is -3.63. The lowest BCUT2D eigenvalue weighted by Crippen LogP contribution is -2.40. The van der Waals surface area contributed by atoms with Crippen LogP contribution in [-0.4, -0.2) is 31.6 Å². The summed E-state index contributed by atoms with van der Waals surface area (Å²) in [5.41, 5.74) is 1.60. The Kier molecular flexibility index (Phi) is 5.89. The lowest BCUT2D eigenvalue weighted by Gasteiger charge is -2.31. The third-order valence-electron chi connectivity index (χ3n) is 4.52. The molecule has 4 nitrogen and oxygen atoms in total.